The molecule has 31 heavy (non-hydrogen) atoms. The van der Waals surface area contributed by atoms with Crippen molar-refractivity contribution in [2.45, 2.75) is 18.9 Å². The number of morpholine rings is 1. The molecule has 1 unspecified atom stereocenters. The molecule has 0 aliphatic carbocycles. The third kappa shape index (κ3) is 4.73. The monoisotopic (exact) mass is 437 g/mol. The number of rotatable bonds is 4. The molecule has 9 nitrogen and oxygen atoms in total. The highest BCUT2D eigenvalue weighted by Crippen LogP contribution is 2.21. The molecule has 0 aromatic carbocycles. The minimum atomic E-state index is -1.46. The molecule has 10 heteroatoms. The molecule has 3 aromatic heterocycles. The normalized spacial score (nSPS) is 14.6. The quantitative estimate of drug-likeness (QED) is 0.619. The second-order valence-corrected chi connectivity index (χ2v) is 8.19. The van der Waals surface area contributed by atoms with Gasteiger partial charge in [0.2, 0.25) is 0 Å². The average Bonchev–Trinajstić information content (AvgIpc) is 3.21. The maximum atomic E-state index is 12.6. The Labute approximate surface area is 183 Å². The summed E-state index contributed by atoms with van der Waals surface area (Å²) in [5.41, 5.74) is 3.69. The van der Waals surface area contributed by atoms with Crippen molar-refractivity contribution in [2.24, 2.45) is 7.05 Å². The van der Waals surface area contributed by atoms with Gasteiger partial charge in [-0.25, -0.2) is 14.2 Å². The highest BCUT2D eigenvalue weighted by molar-refractivity contribution is 7.86. The number of ether oxygens (including phenoxy) is 1. The summed E-state index contributed by atoms with van der Waals surface area (Å²) in [7, 11) is 0.288. The van der Waals surface area contributed by atoms with Crippen LogP contribution in [0.15, 0.2) is 35.9 Å². The van der Waals surface area contributed by atoms with Crippen LogP contribution in [0.1, 0.15) is 22.5 Å². The van der Waals surface area contributed by atoms with Crippen LogP contribution in [0.3, 0.4) is 0 Å². The summed E-state index contributed by atoms with van der Waals surface area (Å²) < 4.78 is 22.7. The van der Waals surface area contributed by atoms with Gasteiger partial charge >= 0.3 is 0 Å². The first-order valence-corrected chi connectivity index (χ1v) is 11.0. The smallest absolute Gasteiger partial charge is 0.169 e. The van der Waals surface area contributed by atoms with E-state index in [1.165, 1.54) is 0 Å². The van der Waals surface area contributed by atoms with E-state index in [2.05, 4.69) is 41.5 Å². The molecule has 0 saturated carbocycles. The van der Waals surface area contributed by atoms with Crippen molar-refractivity contribution in [3.63, 3.8) is 0 Å². The predicted octanol–water partition coefficient (Wildman–Crippen LogP) is 1.59. The largest absolute Gasteiger partial charge is 0.378 e. The lowest BCUT2D eigenvalue weighted by atomic mass is 10.1. The van der Waals surface area contributed by atoms with Gasteiger partial charge < -0.3 is 9.64 Å². The lowest BCUT2D eigenvalue weighted by Gasteiger charge is -2.28. The summed E-state index contributed by atoms with van der Waals surface area (Å²) in [6.07, 6.45) is 4.88. The Kier molecular flexibility index (Phi) is 6.25. The van der Waals surface area contributed by atoms with Gasteiger partial charge in [-0.1, -0.05) is 11.8 Å². The molecule has 0 spiro atoms. The molecule has 1 fully saturated rings. The molecule has 1 saturated heterocycles. The summed E-state index contributed by atoms with van der Waals surface area (Å²) in [4.78, 5) is 15.3. The van der Waals surface area contributed by atoms with Crippen molar-refractivity contribution in [1.29, 1.82) is 0 Å². The second kappa shape index (κ2) is 9.24. The van der Waals surface area contributed by atoms with Crippen LogP contribution in [0.5, 0.6) is 0 Å². The minimum absolute atomic E-state index is 0.572. The molecule has 4 heterocycles. The average molecular weight is 438 g/mol. The Morgan fingerprint density at radius 1 is 1.13 bits per heavy atom. The van der Waals surface area contributed by atoms with Crippen LogP contribution < -0.4 is 9.62 Å². The molecule has 1 N–H and O–H groups in total. The number of pyridine rings is 1. The van der Waals surface area contributed by atoms with Crippen molar-refractivity contribution in [1.82, 2.24) is 24.7 Å². The molecular formula is C21H23N7O2S. The molecule has 4 rings (SSSR count). The molecule has 1 atom stereocenters. The van der Waals surface area contributed by atoms with Gasteiger partial charge in [0.25, 0.3) is 0 Å². The van der Waals surface area contributed by atoms with Crippen molar-refractivity contribution in [3.05, 3.63) is 53.4 Å². The van der Waals surface area contributed by atoms with Crippen molar-refractivity contribution >= 4 is 22.5 Å². The molecule has 160 valence electrons. The van der Waals surface area contributed by atoms with Crippen LogP contribution in [-0.4, -0.2) is 55.2 Å². The van der Waals surface area contributed by atoms with Crippen molar-refractivity contribution in [3.8, 4) is 11.8 Å². The molecule has 0 bridgehead atoms. The number of aromatic nitrogens is 5. The summed E-state index contributed by atoms with van der Waals surface area (Å²) in [6.45, 7) is 6.65. The Hall–Kier alpha value is -3.29. The lowest BCUT2D eigenvalue weighted by molar-refractivity contribution is 0.122. The molecule has 0 amide bonds. The Balaban J connectivity index is 1.61. The van der Waals surface area contributed by atoms with Crippen LogP contribution in [0.25, 0.3) is 0 Å². The van der Waals surface area contributed by atoms with Gasteiger partial charge in [0.05, 0.1) is 42.0 Å². The topological polar surface area (TPSA) is 98.1 Å². The summed E-state index contributed by atoms with van der Waals surface area (Å²) in [5.74, 6) is 7.20. The molecule has 1 aliphatic rings. The van der Waals surface area contributed by atoms with Crippen LogP contribution in [0.2, 0.25) is 0 Å². The summed E-state index contributed by atoms with van der Waals surface area (Å²) >= 11 is 0. The third-order valence-electron chi connectivity index (χ3n) is 4.91. The Bertz CT molecular complexity index is 1180. The standard InChI is InChI=1S/C21H23N7O2S/c1-15-18(21(24-14-23-15)28-8-10-30-11-9-28)5-4-17-12-19(16(2)22-13-17)26-31(29)20-6-7-25-27(20)3/h6-7,12-14,26H,8-11H2,1-3H3. The SMILES string of the molecule is Cc1ncc(C#Cc2c(C)ncnc2N2CCOCC2)cc1NS(=O)c1ccnn1C. The zero-order chi connectivity index (χ0) is 21.8. The van der Waals surface area contributed by atoms with Crippen molar-refractivity contribution < 1.29 is 8.95 Å². The van der Waals surface area contributed by atoms with E-state index in [4.69, 9.17) is 4.74 Å². The van der Waals surface area contributed by atoms with E-state index >= 15 is 0 Å². The van der Waals surface area contributed by atoms with Gasteiger partial charge in [-0.05, 0) is 26.0 Å². The van der Waals surface area contributed by atoms with E-state index in [9.17, 15) is 4.21 Å². The van der Waals surface area contributed by atoms with E-state index < -0.39 is 11.0 Å². The number of hydrogen-bond acceptors (Lipinski definition) is 7. The van der Waals surface area contributed by atoms with Gasteiger partial charge in [0.1, 0.15) is 17.2 Å². The fourth-order valence-electron chi connectivity index (χ4n) is 3.16. The van der Waals surface area contributed by atoms with Gasteiger partial charge in [0.15, 0.2) is 11.0 Å². The Morgan fingerprint density at radius 2 is 1.94 bits per heavy atom. The number of nitrogens with zero attached hydrogens (tertiary/aromatic N) is 6. The van der Waals surface area contributed by atoms with Gasteiger partial charge in [-0.15, -0.1) is 0 Å². The van der Waals surface area contributed by atoms with Gasteiger partial charge in [-0.3, -0.25) is 14.4 Å². The van der Waals surface area contributed by atoms with E-state index in [1.807, 2.05) is 19.9 Å². The predicted molar refractivity (Wildman–Crippen MR) is 118 cm³/mol. The number of hydrogen-bond donors (Lipinski definition) is 1. The molecule has 3 aromatic rings. The maximum Gasteiger partial charge on any atom is 0.169 e. The zero-order valence-electron chi connectivity index (χ0n) is 17.6. The van der Waals surface area contributed by atoms with E-state index in [1.54, 1.807) is 36.5 Å². The number of aryl methyl sites for hydroxylation is 3. The maximum absolute atomic E-state index is 12.6. The first-order chi connectivity index (χ1) is 15.0. The van der Waals surface area contributed by atoms with Gasteiger partial charge in [0, 0.05) is 31.9 Å². The highest BCUT2D eigenvalue weighted by atomic mass is 32.2. The summed E-state index contributed by atoms with van der Waals surface area (Å²) in [6, 6.07) is 3.55. The van der Waals surface area contributed by atoms with Crippen LogP contribution in [-0.2, 0) is 22.8 Å². The van der Waals surface area contributed by atoms with Gasteiger partial charge in [-0.2, -0.15) is 5.10 Å². The first-order valence-electron chi connectivity index (χ1n) is 9.82. The number of nitrogens with one attached hydrogen (secondary N) is 1. The third-order valence-corrected chi connectivity index (χ3v) is 6.10. The van der Waals surface area contributed by atoms with E-state index in [0.717, 1.165) is 35.9 Å². The molecule has 0 radical (unpaired) electrons. The van der Waals surface area contributed by atoms with Crippen LogP contribution in [0.4, 0.5) is 11.5 Å². The lowest BCUT2D eigenvalue weighted by Crippen LogP contribution is -2.37. The minimum Gasteiger partial charge on any atom is -0.378 e. The fourth-order valence-corrected chi connectivity index (χ4v) is 4.14. The van der Waals surface area contributed by atoms with Crippen LogP contribution in [0, 0.1) is 25.7 Å². The molecular weight excluding hydrogens is 414 g/mol. The first kappa shape index (κ1) is 21.0. The van der Waals surface area contributed by atoms with Crippen molar-refractivity contribution in [2.75, 3.05) is 35.9 Å². The van der Waals surface area contributed by atoms with E-state index in [-0.39, 0.29) is 0 Å². The molecule has 1 aliphatic heterocycles. The van der Waals surface area contributed by atoms with E-state index in [0.29, 0.717) is 29.5 Å². The summed E-state index contributed by atoms with van der Waals surface area (Å²) in [5, 5.41) is 4.63. The Morgan fingerprint density at radius 3 is 2.68 bits per heavy atom. The highest BCUT2D eigenvalue weighted by Gasteiger charge is 2.17. The second-order valence-electron chi connectivity index (χ2n) is 7.03. The van der Waals surface area contributed by atoms with Crippen LogP contribution >= 0.6 is 0 Å². The zero-order valence-corrected chi connectivity index (χ0v) is 18.4. The fraction of sp³-hybridized carbons (Fsp3) is 0.333. The number of anilines is 2.